The second-order valence-corrected chi connectivity index (χ2v) is 3.50. The smallest absolute Gasteiger partial charge is 0.245 e. The Balaban J connectivity index is 3.15. The Bertz CT molecular complexity index is 149. The fourth-order valence-electron chi connectivity index (χ4n) is 1.03. The number of unbranched alkanes of at least 4 members (excludes halogenated alkanes) is 1. The molecule has 0 rings (SSSR count). The zero-order chi connectivity index (χ0) is 10.8. The largest absolute Gasteiger partial charge is 0.372 e. The van der Waals surface area contributed by atoms with Crippen molar-refractivity contribution in [1.29, 1.82) is 0 Å². The van der Waals surface area contributed by atoms with E-state index < -0.39 is 0 Å². The summed E-state index contributed by atoms with van der Waals surface area (Å²) in [6.07, 6.45) is 2.14. The van der Waals surface area contributed by atoms with Gasteiger partial charge in [-0.3, -0.25) is 4.79 Å². The molecule has 0 aliphatic carbocycles. The molecule has 0 bridgehead atoms. The van der Waals surface area contributed by atoms with Gasteiger partial charge in [0.2, 0.25) is 5.91 Å². The van der Waals surface area contributed by atoms with Crippen LogP contribution in [0.1, 0.15) is 19.8 Å². The molecule has 84 valence electrons. The molecule has 14 heavy (non-hydrogen) atoms. The number of nitrogens with one attached hydrogen (secondary N) is 1. The monoisotopic (exact) mass is 202 g/mol. The van der Waals surface area contributed by atoms with E-state index in [0.29, 0.717) is 6.61 Å². The molecule has 0 spiro atoms. The molecule has 0 aliphatic rings. The summed E-state index contributed by atoms with van der Waals surface area (Å²) in [6, 6.07) is 0. The minimum absolute atomic E-state index is 0.0169. The number of carbonyl (C=O) groups excluding carboxylic acids is 1. The fraction of sp³-hybridized carbons (Fsp3) is 0.900. The van der Waals surface area contributed by atoms with E-state index in [9.17, 15) is 4.79 Å². The lowest BCUT2D eigenvalue weighted by atomic mass is 10.3. The predicted octanol–water partition coefficient (Wildman–Crippen LogP) is 0.481. The van der Waals surface area contributed by atoms with Gasteiger partial charge in [0.05, 0.1) is 0 Å². The maximum absolute atomic E-state index is 11.1. The topological polar surface area (TPSA) is 41.6 Å². The summed E-state index contributed by atoms with van der Waals surface area (Å²) in [5, 5.41) is 2.81. The van der Waals surface area contributed by atoms with Crippen molar-refractivity contribution in [1.82, 2.24) is 10.2 Å². The third kappa shape index (κ3) is 9.48. The van der Waals surface area contributed by atoms with Crippen LogP contribution in [-0.4, -0.2) is 51.2 Å². The molecule has 4 heteroatoms. The molecule has 0 radical (unpaired) electrons. The molecule has 0 aromatic carbocycles. The van der Waals surface area contributed by atoms with Gasteiger partial charge in [-0.1, -0.05) is 0 Å². The number of amides is 1. The van der Waals surface area contributed by atoms with Crippen LogP contribution in [0.15, 0.2) is 0 Å². The third-order valence-corrected chi connectivity index (χ3v) is 1.79. The van der Waals surface area contributed by atoms with Crippen molar-refractivity contribution in [3.63, 3.8) is 0 Å². The number of hydrogen-bond donors (Lipinski definition) is 1. The first-order valence-electron chi connectivity index (χ1n) is 5.16. The Morgan fingerprint density at radius 3 is 2.64 bits per heavy atom. The van der Waals surface area contributed by atoms with Gasteiger partial charge in [0.1, 0.15) is 6.61 Å². The van der Waals surface area contributed by atoms with Gasteiger partial charge in [0.15, 0.2) is 0 Å². The zero-order valence-electron chi connectivity index (χ0n) is 9.51. The van der Waals surface area contributed by atoms with Crippen molar-refractivity contribution in [2.24, 2.45) is 0 Å². The normalized spacial score (nSPS) is 10.6. The molecule has 0 saturated heterocycles. The maximum atomic E-state index is 11.1. The Hall–Kier alpha value is -0.610. The van der Waals surface area contributed by atoms with Crippen molar-refractivity contribution in [3.05, 3.63) is 0 Å². The average Bonchev–Trinajstić information content (AvgIpc) is 2.13. The lowest BCUT2D eigenvalue weighted by molar-refractivity contribution is -0.125. The molecular formula is C10H22N2O2. The second-order valence-electron chi connectivity index (χ2n) is 3.50. The Labute approximate surface area is 86.6 Å². The first-order chi connectivity index (χ1) is 6.66. The summed E-state index contributed by atoms with van der Waals surface area (Å²) in [5.74, 6) is -0.0169. The average molecular weight is 202 g/mol. The lowest BCUT2D eigenvalue weighted by Gasteiger charge is -2.09. The fourth-order valence-corrected chi connectivity index (χ4v) is 1.03. The van der Waals surface area contributed by atoms with Crippen molar-refractivity contribution in [2.45, 2.75) is 19.8 Å². The molecular weight excluding hydrogens is 180 g/mol. The van der Waals surface area contributed by atoms with Gasteiger partial charge in [-0.25, -0.2) is 0 Å². The predicted molar refractivity (Wildman–Crippen MR) is 57.3 cm³/mol. The van der Waals surface area contributed by atoms with Crippen LogP contribution < -0.4 is 5.32 Å². The van der Waals surface area contributed by atoms with Gasteiger partial charge in [0.25, 0.3) is 0 Å². The van der Waals surface area contributed by atoms with Crippen LogP contribution in [0.2, 0.25) is 0 Å². The van der Waals surface area contributed by atoms with Gasteiger partial charge in [0, 0.05) is 13.2 Å². The number of nitrogens with zero attached hydrogens (tertiary/aromatic N) is 1. The highest BCUT2D eigenvalue weighted by Gasteiger charge is 1.98. The second kappa shape index (κ2) is 8.97. The molecule has 0 fully saturated rings. The first kappa shape index (κ1) is 13.4. The van der Waals surface area contributed by atoms with Gasteiger partial charge < -0.3 is 15.0 Å². The molecule has 1 N–H and O–H groups in total. The Morgan fingerprint density at radius 1 is 1.36 bits per heavy atom. The van der Waals surface area contributed by atoms with E-state index in [4.69, 9.17) is 4.74 Å². The van der Waals surface area contributed by atoms with E-state index in [1.165, 1.54) is 0 Å². The summed E-state index contributed by atoms with van der Waals surface area (Å²) in [4.78, 5) is 13.2. The highest BCUT2D eigenvalue weighted by Crippen LogP contribution is 1.88. The maximum Gasteiger partial charge on any atom is 0.245 e. The van der Waals surface area contributed by atoms with Crippen LogP contribution in [0.25, 0.3) is 0 Å². The van der Waals surface area contributed by atoms with Crippen LogP contribution in [0, 0.1) is 0 Å². The minimum Gasteiger partial charge on any atom is -0.372 e. The molecule has 0 aromatic heterocycles. The standard InChI is InChI=1S/C10H22N2O2/c1-4-14-9-10(13)11-7-5-6-8-12(2)3/h4-9H2,1-3H3,(H,11,13). The molecule has 0 unspecified atom stereocenters. The molecule has 0 saturated carbocycles. The van der Waals surface area contributed by atoms with Crippen molar-refractivity contribution < 1.29 is 9.53 Å². The van der Waals surface area contributed by atoms with E-state index >= 15 is 0 Å². The van der Waals surface area contributed by atoms with Crippen LogP contribution >= 0.6 is 0 Å². The first-order valence-corrected chi connectivity index (χ1v) is 5.16. The van der Waals surface area contributed by atoms with Crippen LogP contribution in [0.3, 0.4) is 0 Å². The highest BCUT2D eigenvalue weighted by atomic mass is 16.5. The summed E-state index contributed by atoms with van der Waals surface area (Å²) in [5.41, 5.74) is 0. The number of carbonyl (C=O) groups is 1. The summed E-state index contributed by atoms with van der Waals surface area (Å²) in [6.45, 7) is 4.48. The Morgan fingerprint density at radius 2 is 2.07 bits per heavy atom. The van der Waals surface area contributed by atoms with Gasteiger partial charge in [-0.05, 0) is 40.4 Å². The number of ether oxygens (including phenoxy) is 1. The highest BCUT2D eigenvalue weighted by molar-refractivity contribution is 5.77. The molecule has 0 aromatic rings. The van der Waals surface area contributed by atoms with Crippen LogP contribution in [0.5, 0.6) is 0 Å². The van der Waals surface area contributed by atoms with E-state index in [2.05, 4.69) is 10.2 Å². The third-order valence-electron chi connectivity index (χ3n) is 1.79. The van der Waals surface area contributed by atoms with E-state index in [0.717, 1.165) is 25.9 Å². The molecule has 1 amide bonds. The molecule has 0 heterocycles. The van der Waals surface area contributed by atoms with Crippen molar-refractivity contribution in [2.75, 3.05) is 40.4 Å². The molecule has 0 aliphatic heterocycles. The SMILES string of the molecule is CCOCC(=O)NCCCCN(C)C. The van der Waals surface area contributed by atoms with Crippen LogP contribution in [-0.2, 0) is 9.53 Å². The van der Waals surface area contributed by atoms with E-state index in [1.807, 2.05) is 21.0 Å². The van der Waals surface area contributed by atoms with Gasteiger partial charge in [-0.15, -0.1) is 0 Å². The van der Waals surface area contributed by atoms with Crippen molar-refractivity contribution >= 4 is 5.91 Å². The summed E-state index contributed by atoms with van der Waals surface area (Å²) >= 11 is 0. The lowest BCUT2D eigenvalue weighted by Crippen LogP contribution is -2.28. The number of rotatable bonds is 8. The van der Waals surface area contributed by atoms with Crippen LogP contribution in [0.4, 0.5) is 0 Å². The number of hydrogen-bond acceptors (Lipinski definition) is 3. The quantitative estimate of drug-likeness (QED) is 0.582. The zero-order valence-corrected chi connectivity index (χ0v) is 9.51. The van der Waals surface area contributed by atoms with Gasteiger partial charge in [-0.2, -0.15) is 0 Å². The summed E-state index contributed by atoms with van der Waals surface area (Å²) < 4.78 is 4.97. The Kier molecular flexibility index (Phi) is 8.57. The van der Waals surface area contributed by atoms with Gasteiger partial charge >= 0.3 is 0 Å². The van der Waals surface area contributed by atoms with E-state index in [-0.39, 0.29) is 12.5 Å². The molecule has 4 nitrogen and oxygen atoms in total. The van der Waals surface area contributed by atoms with E-state index in [1.54, 1.807) is 0 Å². The summed E-state index contributed by atoms with van der Waals surface area (Å²) in [7, 11) is 4.10. The van der Waals surface area contributed by atoms with Crippen molar-refractivity contribution in [3.8, 4) is 0 Å². The minimum atomic E-state index is -0.0169. The molecule has 0 atom stereocenters.